The Morgan fingerprint density at radius 3 is 2.00 bits per heavy atom. The maximum Gasteiger partial charge on any atom is 0.323 e. The van der Waals surface area contributed by atoms with Crippen molar-refractivity contribution < 1.29 is 14.7 Å². The van der Waals surface area contributed by atoms with Crippen LogP contribution in [-0.4, -0.2) is 87.3 Å². The number of carbonyl (C=O) groups excluding carboxylic acids is 1. The van der Waals surface area contributed by atoms with Crippen LogP contribution in [0.3, 0.4) is 0 Å². The molecule has 1 aliphatic heterocycles. The van der Waals surface area contributed by atoms with E-state index in [1.165, 1.54) is 4.90 Å². The molecule has 1 aliphatic rings. The SMILES string of the molecule is Cc1ccc(N(CC(=O)O)C(=O)CN2CCNCCNCCNCC2)cc1. The summed E-state index contributed by atoms with van der Waals surface area (Å²) in [5.74, 6) is -1.22. The monoisotopic (exact) mass is 377 g/mol. The molecule has 8 heteroatoms. The van der Waals surface area contributed by atoms with Gasteiger partial charge in [0.2, 0.25) is 5.91 Å². The van der Waals surface area contributed by atoms with E-state index >= 15 is 0 Å². The molecule has 1 aromatic rings. The second-order valence-electron chi connectivity index (χ2n) is 6.74. The van der Waals surface area contributed by atoms with Crippen LogP contribution in [0, 0.1) is 6.92 Å². The molecule has 1 saturated heterocycles. The van der Waals surface area contributed by atoms with Crippen molar-refractivity contribution in [3.05, 3.63) is 29.8 Å². The van der Waals surface area contributed by atoms with Gasteiger partial charge in [-0.1, -0.05) is 17.7 Å². The number of carbonyl (C=O) groups is 2. The Balaban J connectivity index is 2.01. The number of hydrogen-bond acceptors (Lipinski definition) is 6. The average molecular weight is 377 g/mol. The third kappa shape index (κ3) is 8.04. The maximum absolute atomic E-state index is 12.9. The van der Waals surface area contributed by atoms with Crippen LogP contribution in [0.4, 0.5) is 5.69 Å². The fourth-order valence-corrected chi connectivity index (χ4v) is 2.93. The zero-order chi connectivity index (χ0) is 19.5. The number of hydrogen-bond donors (Lipinski definition) is 4. The highest BCUT2D eigenvalue weighted by molar-refractivity contribution is 5.98. The lowest BCUT2D eigenvalue weighted by Crippen LogP contribution is -2.47. The first-order chi connectivity index (χ1) is 13.1. The number of benzene rings is 1. The van der Waals surface area contributed by atoms with Crippen molar-refractivity contribution in [2.24, 2.45) is 0 Å². The minimum absolute atomic E-state index is 0.197. The van der Waals surface area contributed by atoms with Gasteiger partial charge in [-0.05, 0) is 19.1 Å². The van der Waals surface area contributed by atoms with Crippen LogP contribution in [0.5, 0.6) is 0 Å². The molecule has 1 amide bonds. The number of aliphatic carboxylic acids is 1. The molecule has 150 valence electrons. The van der Waals surface area contributed by atoms with Crippen LogP contribution >= 0.6 is 0 Å². The van der Waals surface area contributed by atoms with Crippen molar-refractivity contribution in [3.8, 4) is 0 Å². The van der Waals surface area contributed by atoms with Crippen molar-refractivity contribution in [2.45, 2.75) is 6.92 Å². The normalized spacial score (nSPS) is 17.5. The molecule has 0 radical (unpaired) electrons. The fourth-order valence-electron chi connectivity index (χ4n) is 2.93. The van der Waals surface area contributed by atoms with Crippen molar-refractivity contribution >= 4 is 17.6 Å². The molecule has 27 heavy (non-hydrogen) atoms. The van der Waals surface area contributed by atoms with E-state index in [1.54, 1.807) is 12.1 Å². The number of rotatable bonds is 5. The Labute approximate surface area is 160 Å². The van der Waals surface area contributed by atoms with E-state index in [9.17, 15) is 14.7 Å². The molecular formula is C19H31N5O3. The van der Waals surface area contributed by atoms with Crippen molar-refractivity contribution in [3.63, 3.8) is 0 Å². The van der Waals surface area contributed by atoms with Crippen LogP contribution in [0.2, 0.25) is 0 Å². The van der Waals surface area contributed by atoms with Crippen LogP contribution in [0.1, 0.15) is 5.56 Å². The third-order valence-electron chi connectivity index (χ3n) is 4.47. The molecule has 0 aromatic heterocycles. The lowest BCUT2D eigenvalue weighted by molar-refractivity contribution is -0.136. The number of anilines is 1. The highest BCUT2D eigenvalue weighted by Crippen LogP contribution is 2.15. The maximum atomic E-state index is 12.9. The number of amides is 1. The van der Waals surface area contributed by atoms with Gasteiger partial charge in [0.15, 0.2) is 0 Å². The van der Waals surface area contributed by atoms with Gasteiger partial charge < -0.3 is 26.0 Å². The third-order valence-corrected chi connectivity index (χ3v) is 4.47. The number of carboxylic acid groups (broad SMARTS) is 1. The summed E-state index contributed by atoms with van der Waals surface area (Å²) in [7, 11) is 0. The molecule has 0 bridgehead atoms. The Kier molecular flexibility index (Phi) is 9.20. The Morgan fingerprint density at radius 1 is 0.963 bits per heavy atom. The van der Waals surface area contributed by atoms with Gasteiger partial charge in [-0.15, -0.1) is 0 Å². The molecule has 0 spiro atoms. The molecule has 0 atom stereocenters. The Hall–Kier alpha value is -2.00. The quantitative estimate of drug-likeness (QED) is 0.549. The van der Waals surface area contributed by atoms with Crippen LogP contribution in [0.25, 0.3) is 0 Å². The molecule has 0 aliphatic carbocycles. The Bertz CT molecular complexity index is 582. The molecule has 4 N–H and O–H groups in total. The van der Waals surface area contributed by atoms with E-state index < -0.39 is 5.97 Å². The zero-order valence-electron chi connectivity index (χ0n) is 16.0. The van der Waals surface area contributed by atoms with Gasteiger partial charge in [-0.2, -0.15) is 0 Å². The second kappa shape index (κ2) is 11.7. The number of nitrogens with one attached hydrogen (secondary N) is 3. The fraction of sp³-hybridized carbons (Fsp3) is 0.579. The first kappa shape index (κ1) is 21.3. The number of carboxylic acids is 1. The first-order valence-electron chi connectivity index (χ1n) is 9.49. The largest absolute Gasteiger partial charge is 0.480 e. The van der Waals surface area contributed by atoms with Gasteiger partial charge >= 0.3 is 5.97 Å². The van der Waals surface area contributed by atoms with Crippen molar-refractivity contribution in [1.82, 2.24) is 20.9 Å². The van der Waals surface area contributed by atoms with E-state index in [0.717, 1.165) is 57.9 Å². The van der Waals surface area contributed by atoms with Gasteiger partial charge in [-0.25, -0.2) is 0 Å². The molecule has 0 saturated carbocycles. The number of nitrogens with zero attached hydrogens (tertiary/aromatic N) is 2. The zero-order valence-corrected chi connectivity index (χ0v) is 16.0. The summed E-state index contributed by atoms with van der Waals surface area (Å²) in [4.78, 5) is 27.6. The smallest absolute Gasteiger partial charge is 0.323 e. The summed E-state index contributed by atoms with van der Waals surface area (Å²) in [5, 5.41) is 19.3. The highest BCUT2D eigenvalue weighted by Gasteiger charge is 2.21. The molecule has 8 nitrogen and oxygen atoms in total. The van der Waals surface area contributed by atoms with Crippen LogP contribution in [0.15, 0.2) is 24.3 Å². The van der Waals surface area contributed by atoms with Crippen LogP contribution < -0.4 is 20.9 Å². The summed E-state index contributed by atoms with van der Waals surface area (Å²) in [5.41, 5.74) is 1.68. The summed E-state index contributed by atoms with van der Waals surface area (Å²) >= 11 is 0. The van der Waals surface area contributed by atoms with Gasteiger partial charge in [0, 0.05) is 58.0 Å². The lowest BCUT2D eigenvalue weighted by Gasteiger charge is -2.27. The van der Waals surface area contributed by atoms with E-state index in [-0.39, 0.29) is 19.0 Å². The molecule has 1 heterocycles. The summed E-state index contributed by atoms with van der Waals surface area (Å²) in [6.07, 6.45) is 0. The average Bonchev–Trinajstić information content (AvgIpc) is 2.62. The topological polar surface area (TPSA) is 96.9 Å². The van der Waals surface area contributed by atoms with Crippen LogP contribution in [-0.2, 0) is 9.59 Å². The molecular weight excluding hydrogens is 346 g/mol. The van der Waals surface area contributed by atoms with E-state index in [1.807, 2.05) is 19.1 Å². The minimum atomic E-state index is -1.02. The molecule has 1 aromatic carbocycles. The molecule has 2 rings (SSSR count). The highest BCUT2D eigenvalue weighted by atomic mass is 16.4. The molecule has 0 unspecified atom stereocenters. The summed E-state index contributed by atoms with van der Waals surface area (Å²) < 4.78 is 0. The summed E-state index contributed by atoms with van der Waals surface area (Å²) in [6.45, 7) is 8.48. The van der Waals surface area contributed by atoms with Gasteiger partial charge in [0.25, 0.3) is 0 Å². The van der Waals surface area contributed by atoms with Gasteiger partial charge in [0.1, 0.15) is 6.54 Å². The Morgan fingerprint density at radius 2 is 1.48 bits per heavy atom. The predicted octanol–water partition coefficient (Wildman–Crippen LogP) is -0.503. The molecule has 1 fully saturated rings. The lowest BCUT2D eigenvalue weighted by atomic mass is 10.2. The van der Waals surface area contributed by atoms with Crippen molar-refractivity contribution in [2.75, 3.05) is 70.3 Å². The standard InChI is InChI=1S/C19H31N5O3/c1-16-2-4-17(5-3-16)24(15-19(26)27)18(25)14-23-12-10-21-8-6-20-7-9-22-11-13-23/h2-5,20-22H,6-15H2,1H3,(H,26,27). The first-order valence-corrected chi connectivity index (χ1v) is 9.49. The van der Waals surface area contributed by atoms with Gasteiger partial charge in [-0.3, -0.25) is 14.5 Å². The second-order valence-corrected chi connectivity index (χ2v) is 6.74. The number of aryl methyl sites for hydroxylation is 1. The van der Waals surface area contributed by atoms with Crippen molar-refractivity contribution in [1.29, 1.82) is 0 Å². The predicted molar refractivity (Wildman–Crippen MR) is 106 cm³/mol. The van der Waals surface area contributed by atoms with E-state index in [2.05, 4.69) is 20.9 Å². The minimum Gasteiger partial charge on any atom is -0.480 e. The van der Waals surface area contributed by atoms with E-state index in [0.29, 0.717) is 5.69 Å². The van der Waals surface area contributed by atoms with E-state index in [4.69, 9.17) is 0 Å². The summed E-state index contributed by atoms with van der Waals surface area (Å²) in [6, 6.07) is 7.36. The van der Waals surface area contributed by atoms with Gasteiger partial charge in [0.05, 0.1) is 6.54 Å².